The van der Waals surface area contributed by atoms with Gasteiger partial charge >= 0.3 is 0 Å². The zero-order chi connectivity index (χ0) is 13.0. The summed E-state index contributed by atoms with van der Waals surface area (Å²) < 4.78 is 0. The van der Waals surface area contributed by atoms with Crippen LogP contribution in [0.15, 0.2) is 43.0 Å². The maximum atomic E-state index is 12.3. The van der Waals surface area contributed by atoms with Crippen molar-refractivity contribution in [1.29, 1.82) is 0 Å². The second-order valence-electron chi connectivity index (χ2n) is 4.97. The molecule has 0 radical (unpaired) electrons. The van der Waals surface area contributed by atoms with Gasteiger partial charge in [0.05, 0.1) is 5.41 Å². The molecule has 0 aromatic heterocycles. The molecule has 1 aromatic rings. The van der Waals surface area contributed by atoms with Gasteiger partial charge in [0.1, 0.15) is 0 Å². The second-order valence-corrected chi connectivity index (χ2v) is 4.97. The number of amides is 1. The number of hydroxylamine groups is 2. The van der Waals surface area contributed by atoms with Gasteiger partial charge in [-0.3, -0.25) is 10.0 Å². The molecule has 0 saturated carbocycles. The molecule has 1 saturated heterocycles. The highest BCUT2D eigenvalue weighted by molar-refractivity contribution is 5.83. The molecule has 0 spiro atoms. The van der Waals surface area contributed by atoms with E-state index in [4.69, 9.17) is 0 Å². The van der Waals surface area contributed by atoms with Crippen molar-refractivity contribution in [2.24, 2.45) is 5.41 Å². The molecule has 1 atom stereocenters. The predicted molar refractivity (Wildman–Crippen MR) is 70.1 cm³/mol. The Balaban J connectivity index is 2.26. The topological polar surface area (TPSA) is 40.5 Å². The standard InChI is InChI=1S/C15H19NO2/c1-2-9-15(10-6-11-16(18)14(15)17)12-13-7-4-3-5-8-13/h2-5,7-8,18H,1,6,9-12H2/t15-/m1/s1. The molecule has 0 unspecified atom stereocenters. The molecule has 0 bridgehead atoms. The molecule has 18 heavy (non-hydrogen) atoms. The van der Waals surface area contributed by atoms with Crippen LogP contribution < -0.4 is 0 Å². The number of nitrogens with zero attached hydrogens (tertiary/aromatic N) is 1. The summed E-state index contributed by atoms with van der Waals surface area (Å²) in [5.41, 5.74) is 0.610. The Labute approximate surface area is 108 Å². The van der Waals surface area contributed by atoms with Gasteiger partial charge in [0.15, 0.2) is 0 Å². The summed E-state index contributed by atoms with van der Waals surface area (Å²) in [6, 6.07) is 9.95. The van der Waals surface area contributed by atoms with Crippen LogP contribution in [0.4, 0.5) is 0 Å². The third kappa shape index (κ3) is 2.46. The van der Waals surface area contributed by atoms with Crippen molar-refractivity contribution in [3.05, 3.63) is 48.6 Å². The Bertz CT molecular complexity index is 429. The lowest BCUT2D eigenvalue weighted by Crippen LogP contribution is -2.48. The highest BCUT2D eigenvalue weighted by Crippen LogP contribution is 2.37. The van der Waals surface area contributed by atoms with Crippen molar-refractivity contribution in [3.63, 3.8) is 0 Å². The SMILES string of the molecule is C=CC[C@]1(Cc2ccccc2)CCCN(O)C1=O. The molecular weight excluding hydrogens is 226 g/mol. The zero-order valence-corrected chi connectivity index (χ0v) is 10.5. The van der Waals surface area contributed by atoms with Gasteiger partial charge in [-0.1, -0.05) is 36.4 Å². The van der Waals surface area contributed by atoms with Crippen molar-refractivity contribution < 1.29 is 10.0 Å². The summed E-state index contributed by atoms with van der Waals surface area (Å²) in [6.07, 6.45) is 4.69. The van der Waals surface area contributed by atoms with Crippen molar-refractivity contribution in [2.75, 3.05) is 6.54 Å². The number of carbonyl (C=O) groups is 1. The van der Waals surface area contributed by atoms with E-state index >= 15 is 0 Å². The van der Waals surface area contributed by atoms with Crippen LogP contribution >= 0.6 is 0 Å². The van der Waals surface area contributed by atoms with Crippen LogP contribution in [-0.4, -0.2) is 22.7 Å². The van der Waals surface area contributed by atoms with E-state index in [1.54, 1.807) is 6.08 Å². The number of hydrogen-bond acceptors (Lipinski definition) is 2. The van der Waals surface area contributed by atoms with Crippen LogP contribution in [0.5, 0.6) is 0 Å². The summed E-state index contributed by atoms with van der Waals surface area (Å²) in [5, 5.41) is 10.5. The number of allylic oxidation sites excluding steroid dienone is 1. The monoisotopic (exact) mass is 245 g/mol. The number of carbonyl (C=O) groups excluding carboxylic acids is 1. The van der Waals surface area contributed by atoms with Crippen LogP contribution in [0, 0.1) is 5.41 Å². The molecule has 1 amide bonds. The number of hydrogen-bond donors (Lipinski definition) is 1. The fourth-order valence-electron chi connectivity index (χ4n) is 2.74. The minimum Gasteiger partial charge on any atom is -0.286 e. The Kier molecular flexibility index (Phi) is 3.82. The summed E-state index contributed by atoms with van der Waals surface area (Å²) >= 11 is 0. The lowest BCUT2D eigenvalue weighted by Gasteiger charge is -2.38. The number of rotatable bonds is 4. The van der Waals surface area contributed by atoms with E-state index in [2.05, 4.69) is 6.58 Å². The van der Waals surface area contributed by atoms with Gasteiger partial charge in [0, 0.05) is 6.54 Å². The molecule has 1 fully saturated rings. The van der Waals surface area contributed by atoms with Gasteiger partial charge in [0.25, 0.3) is 5.91 Å². The van der Waals surface area contributed by atoms with Gasteiger partial charge < -0.3 is 0 Å². The third-order valence-electron chi connectivity index (χ3n) is 3.63. The Morgan fingerprint density at radius 1 is 1.39 bits per heavy atom. The molecule has 3 heteroatoms. The maximum absolute atomic E-state index is 12.3. The molecule has 1 aromatic carbocycles. The molecule has 96 valence electrons. The first kappa shape index (κ1) is 12.8. The number of piperidine rings is 1. The van der Waals surface area contributed by atoms with Gasteiger partial charge in [-0.05, 0) is 31.2 Å². The van der Waals surface area contributed by atoms with E-state index in [1.165, 1.54) is 0 Å². The first-order valence-corrected chi connectivity index (χ1v) is 6.34. The third-order valence-corrected chi connectivity index (χ3v) is 3.63. The van der Waals surface area contributed by atoms with Gasteiger partial charge in [-0.15, -0.1) is 6.58 Å². The zero-order valence-electron chi connectivity index (χ0n) is 10.5. The fourth-order valence-corrected chi connectivity index (χ4v) is 2.74. The molecule has 1 heterocycles. The fraction of sp³-hybridized carbons (Fsp3) is 0.400. The second kappa shape index (κ2) is 5.36. The molecular formula is C15H19NO2. The van der Waals surface area contributed by atoms with Crippen molar-refractivity contribution in [3.8, 4) is 0 Å². The van der Waals surface area contributed by atoms with Gasteiger partial charge in [-0.2, -0.15) is 0 Å². The molecule has 2 rings (SSSR count). The van der Waals surface area contributed by atoms with E-state index in [0.29, 0.717) is 19.4 Å². The van der Waals surface area contributed by atoms with E-state index < -0.39 is 5.41 Å². The van der Waals surface area contributed by atoms with Gasteiger partial charge in [-0.25, -0.2) is 5.06 Å². The summed E-state index contributed by atoms with van der Waals surface area (Å²) in [6.45, 7) is 4.19. The van der Waals surface area contributed by atoms with E-state index in [0.717, 1.165) is 23.5 Å². The Morgan fingerprint density at radius 3 is 2.78 bits per heavy atom. The van der Waals surface area contributed by atoms with E-state index in [9.17, 15) is 10.0 Å². The average molecular weight is 245 g/mol. The first-order chi connectivity index (χ1) is 8.68. The molecule has 1 aliphatic rings. The molecule has 1 N–H and O–H groups in total. The maximum Gasteiger partial charge on any atom is 0.252 e. The van der Waals surface area contributed by atoms with Crippen molar-refractivity contribution in [2.45, 2.75) is 25.7 Å². The molecule has 1 aliphatic heterocycles. The minimum absolute atomic E-state index is 0.169. The Hall–Kier alpha value is -1.61. The van der Waals surface area contributed by atoms with Crippen LogP contribution in [0.3, 0.4) is 0 Å². The average Bonchev–Trinajstić information content (AvgIpc) is 2.37. The summed E-state index contributed by atoms with van der Waals surface area (Å²) in [5.74, 6) is -0.169. The normalized spacial score (nSPS) is 24.1. The van der Waals surface area contributed by atoms with Crippen LogP contribution in [-0.2, 0) is 11.2 Å². The smallest absolute Gasteiger partial charge is 0.252 e. The predicted octanol–water partition coefficient (Wildman–Crippen LogP) is 2.80. The van der Waals surface area contributed by atoms with Crippen molar-refractivity contribution in [1.82, 2.24) is 5.06 Å². The Morgan fingerprint density at radius 2 is 2.11 bits per heavy atom. The highest BCUT2D eigenvalue weighted by atomic mass is 16.5. The van der Waals surface area contributed by atoms with E-state index in [-0.39, 0.29) is 5.91 Å². The molecule has 0 aliphatic carbocycles. The lowest BCUT2D eigenvalue weighted by molar-refractivity contribution is -0.185. The largest absolute Gasteiger partial charge is 0.286 e. The summed E-state index contributed by atoms with van der Waals surface area (Å²) in [7, 11) is 0. The van der Waals surface area contributed by atoms with Gasteiger partial charge in [0.2, 0.25) is 0 Å². The van der Waals surface area contributed by atoms with Crippen LogP contribution in [0.25, 0.3) is 0 Å². The van der Waals surface area contributed by atoms with Crippen molar-refractivity contribution >= 4 is 5.91 Å². The first-order valence-electron chi connectivity index (χ1n) is 6.34. The van der Waals surface area contributed by atoms with E-state index in [1.807, 2.05) is 30.3 Å². The summed E-state index contributed by atoms with van der Waals surface area (Å²) in [4.78, 5) is 12.3. The van der Waals surface area contributed by atoms with Crippen LogP contribution in [0.1, 0.15) is 24.8 Å². The number of benzene rings is 1. The van der Waals surface area contributed by atoms with Crippen LogP contribution in [0.2, 0.25) is 0 Å². The highest BCUT2D eigenvalue weighted by Gasteiger charge is 2.42. The quantitative estimate of drug-likeness (QED) is 0.654. The minimum atomic E-state index is -0.518. The lowest BCUT2D eigenvalue weighted by atomic mass is 9.72. The molecule has 3 nitrogen and oxygen atoms in total.